The molecule has 0 aliphatic carbocycles. The maximum absolute atomic E-state index is 12.3. The van der Waals surface area contributed by atoms with Crippen LogP contribution in [0.1, 0.15) is 34.4 Å². The van der Waals surface area contributed by atoms with E-state index in [1.807, 2.05) is 13.8 Å². The fraction of sp³-hybridized carbons (Fsp3) is 0.500. The van der Waals surface area contributed by atoms with Crippen molar-refractivity contribution >= 4 is 33.8 Å². The zero-order valence-corrected chi connectivity index (χ0v) is 13.3. The monoisotopic (exact) mass is 308 g/mol. The van der Waals surface area contributed by atoms with E-state index < -0.39 is 0 Å². The third kappa shape index (κ3) is 3.14. The van der Waals surface area contributed by atoms with Gasteiger partial charge in [0, 0.05) is 32.0 Å². The summed E-state index contributed by atoms with van der Waals surface area (Å²) in [6.07, 6.45) is 2.19. The third-order valence-corrected chi connectivity index (χ3v) is 4.10. The van der Waals surface area contributed by atoms with Crippen molar-refractivity contribution in [3.63, 3.8) is 0 Å². The molecule has 7 heteroatoms. The minimum Gasteiger partial charge on any atom is -0.380 e. The number of rotatable bonds is 7. The summed E-state index contributed by atoms with van der Waals surface area (Å²) in [5.74, 6) is -0.195. The van der Waals surface area contributed by atoms with Crippen LogP contribution in [-0.4, -0.2) is 41.4 Å². The Labute approximate surface area is 127 Å². The zero-order valence-electron chi connectivity index (χ0n) is 12.5. The number of carbonyl (C=O) groups is 1. The molecule has 0 atom stereocenters. The Kier molecular flexibility index (Phi) is 5.08. The maximum atomic E-state index is 12.3. The summed E-state index contributed by atoms with van der Waals surface area (Å²) >= 11 is 1.50. The molecule has 114 valence electrons. The summed E-state index contributed by atoms with van der Waals surface area (Å²) in [6.45, 7) is 5.62. The van der Waals surface area contributed by atoms with Crippen LogP contribution in [-0.2, 0) is 11.8 Å². The Hall–Kier alpha value is -1.73. The van der Waals surface area contributed by atoms with Gasteiger partial charge in [0.2, 0.25) is 0 Å². The number of hydrogen-bond acceptors (Lipinski definition) is 5. The molecule has 0 radical (unpaired) electrons. The second-order valence-corrected chi connectivity index (χ2v) is 5.92. The van der Waals surface area contributed by atoms with Crippen LogP contribution in [0.15, 0.2) is 0 Å². The molecular weight excluding hydrogens is 288 g/mol. The van der Waals surface area contributed by atoms with E-state index >= 15 is 0 Å². The van der Waals surface area contributed by atoms with Gasteiger partial charge in [-0.15, -0.1) is 11.3 Å². The number of aromatic nitrogens is 2. The van der Waals surface area contributed by atoms with Crippen LogP contribution in [0.25, 0.3) is 10.3 Å². The molecule has 2 aromatic rings. The van der Waals surface area contributed by atoms with E-state index in [9.17, 15) is 4.79 Å². The van der Waals surface area contributed by atoms with Gasteiger partial charge < -0.3 is 20.0 Å². The van der Waals surface area contributed by atoms with Crippen LogP contribution in [0, 0.1) is 12.3 Å². The smallest absolute Gasteiger partial charge is 0.268 e. The lowest BCUT2D eigenvalue weighted by molar-refractivity contribution is 0.0908. The van der Waals surface area contributed by atoms with Gasteiger partial charge in [0.05, 0.1) is 16.3 Å². The summed E-state index contributed by atoms with van der Waals surface area (Å²) in [5, 5.41) is 11.3. The lowest BCUT2D eigenvalue weighted by Gasteiger charge is -2.08. The fourth-order valence-electron chi connectivity index (χ4n) is 2.19. The Bertz CT molecular complexity index is 660. The van der Waals surface area contributed by atoms with Gasteiger partial charge in [-0.3, -0.25) is 4.79 Å². The first-order valence-electron chi connectivity index (χ1n) is 6.92. The molecule has 21 heavy (non-hydrogen) atoms. The Balaban J connectivity index is 2.17. The molecule has 0 saturated heterocycles. The molecule has 2 aromatic heterocycles. The van der Waals surface area contributed by atoms with Crippen LogP contribution in [0.2, 0.25) is 0 Å². The van der Waals surface area contributed by atoms with Crippen LogP contribution in [0.5, 0.6) is 0 Å². The van der Waals surface area contributed by atoms with Crippen molar-refractivity contribution in [1.29, 1.82) is 5.41 Å². The molecule has 0 aromatic carbocycles. The van der Waals surface area contributed by atoms with E-state index in [4.69, 9.17) is 10.1 Å². The van der Waals surface area contributed by atoms with E-state index in [0.717, 1.165) is 21.8 Å². The van der Waals surface area contributed by atoms with Crippen molar-refractivity contribution in [2.24, 2.45) is 7.05 Å². The average molecular weight is 308 g/mol. The number of amides is 1. The minimum absolute atomic E-state index is 0.195. The molecule has 1 amide bonds. The zero-order chi connectivity index (χ0) is 15.4. The number of nitrogens with one attached hydrogen (secondary N) is 2. The van der Waals surface area contributed by atoms with Crippen LogP contribution >= 0.6 is 11.3 Å². The van der Waals surface area contributed by atoms with Gasteiger partial charge in [0.15, 0.2) is 5.65 Å². The molecule has 0 bridgehead atoms. The SMILES string of the molecule is CCCOCCNC(=O)c1c(C=N)c2sc(C)nc2n1C. The van der Waals surface area contributed by atoms with Crippen LogP contribution in [0.4, 0.5) is 0 Å². The van der Waals surface area contributed by atoms with Crippen LogP contribution < -0.4 is 5.32 Å². The lowest BCUT2D eigenvalue weighted by atomic mass is 10.2. The van der Waals surface area contributed by atoms with E-state index in [2.05, 4.69) is 10.3 Å². The van der Waals surface area contributed by atoms with Crippen molar-refractivity contribution in [3.8, 4) is 0 Å². The van der Waals surface area contributed by atoms with E-state index in [0.29, 0.717) is 31.0 Å². The highest BCUT2D eigenvalue weighted by molar-refractivity contribution is 7.18. The first-order valence-corrected chi connectivity index (χ1v) is 7.74. The standard InChI is InChI=1S/C14H20N4O2S/c1-4-6-20-7-5-16-14(19)11-10(8-15)12-13(18(11)3)17-9(2)21-12/h8,15H,4-7H2,1-3H3,(H,16,19). The number of ether oxygens (including phenoxy) is 1. The number of hydrogen-bond donors (Lipinski definition) is 2. The van der Waals surface area contributed by atoms with Gasteiger partial charge in [-0.2, -0.15) is 0 Å². The number of aryl methyl sites for hydroxylation is 2. The highest BCUT2D eigenvalue weighted by atomic mass is 32.1. The molecule has 6 nitrogen and oxygen atoms in total. The first-order chi connectivity index (χ1) is 10.1. The molecule has 0 fully saturated rings. The van der Waals surface area contributed by atoms with Gasteiger partial charge in [0.25, 0.3) is 5.91 Å². The van der Waals surface area contributed by atoms with Gasteiger partial charge in [0.1, 0.15) is 5.69 Å². The van der Waals surface area contributed by atoms with Crippen LogP contribution in [0.3, 0.4) is 0 Å². The molecule has 0 unspecified atom stereocenters. The van der Waals surface area contributed by atoms with Gasteiger partial charge in [-0.25, -0.2) is 4.98 Å². The fourth-order valence-corrected chi connectivity index (χ4v) is 3.16. The Morgan fingerprint density at radius 1 is 1.52 bits per heavy atom. The lowest BCUT2D eigenvalue weighted by Crippen LogP contribution is -2.29. The number of fused-ring (bicyclic) bond motifs is 1. The molecule has 2 rings (SSSR count). The van der Waals surface area contributed by atoms with E-state index in [1.54, 1.807) is 11.6 Å². The molecule has 0 saturated carbocycles. The van der Waals surface area contributed by atoms with Crippen molar-refractivity contribution in [2.75, 3.05) is 19.8 Å². The quantitative estimate of drug-likeness (QED) is 0.607. The summed E-state index contributed by atoms with van der Waals surface area (Å²) in [5.41, 5.74) is 1.86. The topological polar surface area (TPSA) is 80.0 Å². The Morgan fingerprint density at radius 3 is 2.95 bits per heavy atom. The normalized spacial score (nSPS) is 11.0. The largest absolute Gasteiger partial charge is 0.380 e. The molecule has 2 heterocycles. The summed E-state index contributed by atoms with van der Waals surface area (Å²) in [7, 11) is 1.80. The van der Waals surface area contributed by atoms with E-state index in [1.165, 1.54) is 17.6 Å². The highest BCUT2D eigenvalue weighted by Crippen LogP contribution is 2.29. The number of carbonyl (C=O) groups excluding carboxylic acids is 1. The molecule has 2 N–H and O–H groups in total. The average Bonchev–Trinajstić information content (AvgIpc) is 2.95. The maximum Gasteiger partial charge on any atom is 0.268 e. The summed E-state index contributed by atoms with van der Waals surface area (Å²) < 4.78 is 7.98. The predicted octanol–water partition coefficient (Wildman–Crippen LogP) is 2.10. The second kappa shape index (κ2) is 6.82. The Morgan fingerprint density at radius 2 is 2.29 bits per heavy atom. The van der Waals surface area contributed by atoms with Gasteiger partial charge in [-0.05, 0) is 13.3 Å². The van der Waals surface area contributed by atoms with E-state index in [-0.39, 0.29) is 5.91 Å². The third-order valence-electron chi connectivity index (χ3n) is 3.11. The van der Waals surface area contributed by atoms with Gasteiger partial charge >= 0.3 is 0 Å². The minimum atomic E-state index is -0.195. The molecule has 0 aliphatic heterocycles. The van der Waals surface area contributed by atoms with Gasteiger partial charge in [-0.1, -0.05) is 6.92 Å². The van der Waals surface area contributed by atoms with Crippen molar-refractivity contribution in [1.82, 2.24) is 14.9 Å². The van der Waals surface area contributed by atoms with Crippen molar-refractivity contribution in [3.05, 3.63) is 16.3 Å². The number of thiazole rings is 1. The first kappa shape index (κ1) is 15.7. The predicted molar refractivity (Wildman–Crippen MR) is 84.7 cm³/mol. The van der Waals surface area contributed by atoms with Crippen molar-refractivity contribution in [2.45, 2.75) is 20.3 Å². The second-order valence-electron chi connectivity index (χ2n) is 4.72. The highest BCUT2D eigenvalue weighted by Gasteiger charge is 2.22. The molecule has 0 spiro atoms. The summed E-state index contributed by atoms with van der Waals surface area (Å²) in [4.78, 5) is 16.7. The molecule has 0 aliphatic rings. The molecular formula is C14H20N4O2S. The van der Waals surface area contributed by atoms with Crippen molar-refractivity contribution < 1.29 is 9.53 Å². The number of nitrogens with zero attached hydrogens (tertiary/aromatic N) is 2. The summed E-state index contributed by atoms with van der Waals surface area (Å²) in [6, 6.07) is 0.